The lowest BCUT2D eigenvalue weighted by molar-refractivity contribution is 0.136. The van der Waals surface area contributed by atoms with Crippen molar-refractivity contribution in [1.29, 1.82) is 0 Å². The summed E-state index contributed by atoms with van der Waals surface area (Å²) in [6, 6.07) is 0.916. The van der Waals surface area contributed by atoms with Crippen molar-refractivity contribution >= 4 is 0 Å². The third-order valence-corrected chi connectivity index (χ3v) is 5.57. The molecule has 2 aliphatic rings. The van der Waals surface area contributed by atoms with Crippen LogP contribution >= 0.6 is 0 Å². The zero-order valence-corrected chi connectivity index (χ0v) is 13.1. The van der Waals surface area contributed by atoms with Crippen LogP contribution in [0.15, 0.2) is 0 Å². The molecule has 1 aliphatic heterocycles. The van der Waals surface area contributed by atoms with Gasteiger partial charge in [0.25, 0.3) is 0 Å². The van der Waals surface area contributed by atoms with Gasteiger partial charge in [0.05, 0.1) is 0 Å². The molecular weight excluding hydrogens is 234 g/mol. The molecule has 2 unspecified atom stereocenters. The van der Waals surface area contributed by atoms with Crippen LogP contribution in [0.2, 0.25) is 0 Å². The van der Waals surface area contributed by atoms with Gasteiger partial charge in [-0.1, -0.05) is 26.2 Å². The fraction of sp³-hybridized carbons (Fsp3) is 1.00. The summed E-state index contributed by atoms with van der Waals surface area (Å²) in [5, 5.41) is 0. The zero-order chi connectivity index (χ0) is 13.8. The second kappa shape index (κ2) is 7.05. The summed E-state index contributed by atoms with van der Waals surface area (Å²) >= 11 is 0. The summed E-state index contributed by atoms with van der Waals surface area (Å²) < 4.78 is 0. The summed E-state index contributed by atoms with van der Waals surface area (Å²) in [5.74, 6) is 1.72. The lowest BCUT2D eigenvalue weighted by Crippen LogP contribution is -2.53. The van der Waals surface area contributed by atoms with Gasteiger partial charge in [0.1, 0.15) is 0 Å². The molecule has 0 spiro atoms. The molecule has 1 saturated carbocycles. The molecule has 0 bridgehead atoms. The van der Waals surface area contributed by atoms with Crippen LogP contribution in [-0.4, -0.2) is 55.6 Å². The Balaban J connectivity index is 1.92. The van der Waals surface area contributed by atoms with Crippen LogP contribution in [0.4, 0.5) is 0 Å². The molecule has 2 atom stereocenters. The number of nitrogens with zero attached hydrogens (tertiary/aromatic N) is 2. The molecule has 0 radical (unpaired) electrons. The summed E-state index contributed by atoms with van der Waals surface area (Å²) in [7, 11) is 4.51. The average molecular weight is 267 g/mol. The molecule has 3 nitrogen and oxygen atoms in total. The fourth-order valence-electron chi connectivity index (χ4n) is 4.02. The lowest BCUT2D eigenvalue weighted by atomic mass is 9.76. The first-order valence-electron chi connectivity index (χ1n) is 8.26. The first-order chi connectivity index (χ1) is 9.11. The van der Waals surface area contributed by atoms with Gasteiger partial charge in [0.2, 0.25) is 0 Å². The molecule has 3 heteroatoms. The molecule has 0 aromatic heterocycles. The maximum absolute atomic E-state index is 6.66. The predicted molar refractivity (Wildman–Crippen MR) is 82.2 cm³/mol. The van der Waals surface area contributed by atoms with E-state index in [-0.39, 0.29) is 0 Å². The maximum atomic E-state index is 6.66. The van der Waals surface area contributed by atoms with E-state index >= 15 is 0 Å². The Hall–Kier alpha value is -0.120. The van der Waals surface area contributed by atoms with E-state index in [4.69, 9.17) is 5.73 Å². The Labute approximate surface area is 119 Å². The largest absolute Gasteiger partial charge is 0.326 e. The normalized spacial score (nSPS) is 36.9. The second-order valence-electron chi connectivity index (χ2n) is 6.93. The molecule has 1 aliphatic carbocycles. The maximum Gasteiger partial charge on any atom is 0.0373 e. The minimum absolute atomic E-state index is 0.364. The number of hydrogen-bond donors (Lipinski definition) is 1. The Bertz CT molecular complexity index is 261. The van der Waals surface area contributed by atoms with Crippen molar-refractivity contribution in [2.24, 2.45) is 17.6 Å². The van der Waals surface area contributed by atoms with Crippen LogP contribution < -0.4 is 5.73 Å². The summed E-state index contributed by atoms with van der Waals surface area (Å²) in [4.78, 5) is 4.98. The minimum atomic E-state index is 0.364. The van der Waals surface area contributed by atoms with Gasteiger partial charge in [-0.15, -0.1) is 0 Å². The quantitative estimate of drug-likeness (QED) is 0.850. The Kier molecular flexibility index (Phi) is 5.67. The molecule has 2 fully saturated rings. The third-order valence-electron chi connectivity index (χ3n) is 5.57. The highest BCUT2D eigenvalue weighted by Crippen LogP contribution is 2.33. The topological polar surface area (TPSA) is 32.5 Å². The van der Waals surface area contributed by atoms with Gasteiger partial charge in [0, 0.05) is 18.6 Å². The van der Waals surface area contributed by atoms with E-state index in [0.717, 1.165) is 18.4 Å². The van der Waals surface area contributed by atoms with Crippen LogP contribution in [-0.2, 0) is 0 Å². The van der Waals surface area contributed by atoms with E-state index in [0.29, 0.717) is 12.1 Å². The fourth-order valence-corrected chi connectivity index (χ4v) is 4.02. The number of nitrogens with two attached hydrogens (primary N) is 1. The van der Waals surface area contributed by atoms with Crippen molar-refractivity contribution in [3.05, 3.63) is 0 Å². The van der Waals surface area contributed by atoms with Gasteiger partial charge in [-0.3, -0.25) is 0 Å². The van der Waals surface area contributed by atoms with Crippen molar-refractivity contribution in [3.63, 3.8) is 0 Å². The van der Waals surface area contributed by atoms with Crippen LogP contribution in [0.3, 0.4) is 0 Å². The van der Waals surface area contributed by atoms with Crippen LogP contribution in [0, 0.1) is 11.8 Å². The van der Waals surface area contributed by atoms with E-state index in [1.807, 2.05) is 0 Å². The van der Waals surface area contributed by atoms with Crippen molar-refractivity contribution in [2.75, 3.05) is 33.7 Å². The third kappa shape index (κ3) is 3.93. The van der Waals surface area contributed by atoms with Gasteiger partial charge in [-0.2, -0.15) is 0 Å². The molecule has 19 heavy (non-hydrogen) atoms. The molecular formula is C16H33N3. The Morgan fingerprint density at radius 2 is 1.79 bits per heavy atom. The zero-order valence-electron chi connectivity index (χ0n) is 13.1. The lowest BCUT2D eigenvalue weighted by Gasteiger charge is -2.39. The van der Waals surface area contributed by atoms with Crippen molar-refractivity contribution in [1.82, 2.24) is 9.80 Å². The van der Waals surface area contributed by atoms with Gasteiger partial charge in [0.15, 0.2) is 0 Å². The highest BCUT2D eigenvalue weighted by atomic mass is 15.2. The average Bonchev–Trinajstić information content (AvgIpc) is 2.60. The molecule has 2 N–H and O–H groups in total. The monoisotopic (exact) mass is 267 g/mol. The predicted octanol–water partition coefficient (Wildman–Crippen LogP) is 2.17. The molecule has 0 aromatic carbocycles. The van der Waals surface area contributed by atoms with Crippen LogP contribution in [0.5, 0.6) is 0 Å². The van der Waals surface area contributed by atoms with E-state index in [1.54, 1.807) is 0 Å². The first kappa shape index (κ1) is 15.3. The highest BCUT2D eigenvalue weighted by molar-refractivity contribution is 4.91. The van der Waals surface area contributed by atoms with Crippen LogP contribution in [0.25, 0.3) is 0 Å². The SMILES string of the molecule is CCC1CCC(C(N)C2CN(C)CCCN2C)CC1. The van der Waals surface area contributed by atoms with Gasteiger partial charge < -0.3 is 15.5 Å². The Morgan fingerprint density at radius 1 is 1.11 bits per heavy atom. The van der Waals surface area contributed by atoms with E-state index < -0.39 is 0 Å². The van der Waals surface area contributed by atoms with E-state index in [2.05, 4.69) is 30.8 Å². The van der Waals surface area contributed by atoms with Crippen molar-refractivity contribution in [3.8, 4) is 0 Å². The first-order valence-corrected chi connectivity index (χ1v) is 8.26. The summed E-state index contributed by atoms with van der Waals surface area (Å²) in [5.41, 5.74) is 6.66. The molecule has 1 heterocycles. The van der Waals surface area contributed by atoms with Gasteiger partial charge in [-0.25, -0.2) is 0 Å². The smallest absolute Gasteiger partial charge is 0.0373 e. The van der Waals surface area contributed by atoms with Crippen molar-refractivity contribution in [2.45, 2.75) is 57.5 Å². The van der Waals surface area contributed by atoms with E-state index in [1.165, 1.54) is 51.6 Å². The molecule has 0 amide bonds. The number of rotatable bonds is 3. The summed E-state index contributed by atoms with van der Waals surface area (Å²) in [6.07, 6.45) is 8.15. The summed E-state index contributed by atoms with van der Waals surface area (Å²) in [6.45, 7) is 5.90. The van der Waals surface area contributed by atoms with E-state index in [9.17, 15) is 0 Å². The number of hydrogen-bond acceptors (Lipinski definition) is 3. The molecule has 0 aromatic rings. The molecule has 2 rings (SSSR count). The molecule has 112 valence electrons. The highest BCUT2D eigenvalue weighted by Gasteiger charge is 2.33. The van der Waals surface area contributed by atoms with Gasteiger partial charge >= 0.3 is 0 Å². The van der Waals surface area contributed by atoms with Crippen LogP contribution in [0.1, 0.15) is 45.4 Å². The second-order valence-corrected chi connectivity index (χ2v) is 6.93. The number of likely N-dealkylation sites (N-methyl/N-ethyl adjacent to an activating group) is 2. The van der Waals surface area contributed by atoms with Crippen molar-refractivity contribution < 1.29 is 0 Å². The minimum Gasteiger partial charge on any atom is -0.326 e. The molecule has 1 saturated heterocycles. The Morgan fingerprint density at radius 3 is 2.42 bits per heavy atom. The standard InChI is InChI=1S/C16H33N3/c1-4-13-6-8-14(9-7-13)16(17)15-12-18(2)10-5-11-19(15)3/h13-16H,4-12,17H2,1-3H3. The van der Waals surface area contributed by atoms with Gasteiger partial charge in [-0.05, 0) is 58.3 Å².